The third-order valence-electron chi connectivity index (χ3n) is 4.94. The monoisotopic (exact) mass is 416 g/mol. The van der Waals surface area contributed by atoms with Crippen molar-refractivity contribution in [1.82, 2.24) is 25.1 Å². The molecule has 0 aliphatic rings. The molecule has 0 fully saturated rings. The molecule has 3 aromatic heterocycles. The molecule has 8 heteroatoms. The summed E-state index contributed by atoms with van der Waals surface area (Å²) >= 11 is 0. The van der Waals surface area contributed by atoms with Crippen molar-refractivity contribution in [2.75, 3.05) is 5.32 Å². The molecule has 0 saturated heterocycles. The van der Waals surface area contributed by atoms with Gasteiger partial charge in [-0.1, -0.05) is 30.3 Å². The minimum atomic E-state index is -1.15. The number of carbonyl (C=O) groups excluding carboxylic acids is 1. The number of aryl methyl sites for hydroxylation is 1. The van der Waals surface area contributed by atoms with Gasteiger partial charge in [0.2, 0.25) is 0 Å². The van der Waals surface area contributed by atoms with Crippen LogP contribution in [0.25, 0.3) is 16.6 Å². The number of urea groups is 1. The van der Waals surface area contributed by atoms with Crippen molar-refractivity contribution in [3.63, 3.8) is 0 Å². The van der Waals surface area contributed by atoms with Crippen molar-refractivity contribution in [3.05, 3.63) is 78.4 Å². The van der Waals surface area contributed by atoms with Crippen molar-refractivity contribution in [3.8, 4) is 5.69 Å². The van der Waals surface area contributed by atoms with Crippen molar-refractivity contribution in [2.24, 2.45) is 0 Å². The molecule has 1 unspecified atom stereocenters. The summed E-state index contributed by atoms with van der Waals surface area (Å²) in [7, 11) is 0. The fourth-order valence-corrected chi connectivity index (χ4v) is 3.46. The van der Waals surface area contributed by atoms with Crippen LogP contribution in [0.5, 0.6) is 0 Å². The number of aliphatic hydroxyl groups is 1. The highest BCUT2D eigenvalue weighted by atomic mass is 16.3. The maximum absolute atomic E-state index is 12.6. The summed E-state index contributed by atoms with van der Waals surface area (Å²) in [5, 5.41) is 21.4. The highest BCUT2D eigenvalue weighted by Gasteiger charge is 2.30. The Morgan fingerprint density at radius 2 is 1.87 bits per heavy atom. The highest BCUT2D eigenvalue weighted by molar-refractivity contribution is 5.91. The van der Waals surface area contributed by atoms with Crippen LogP contribution in [-0.2, 0) is 0 Å². The molecule has 0 bridgehead atoms. The summed E-state index contributed by atoms with van der Waals surface area (Å²) in [5.74, 6) is 0.387. The van der Waals surface area contributed by atoms with E-state index in [1.165, 1.54) is 0 Å². The van der Waals surface area contributed by atoms with E-state index in [1.807, 2.05) is 49.4 Å². The van der Waals surface area contributed by atoms with Gasteiger partial charge in [0.25, 0.3) is 0 Å². The molecule has 0 saturated carbocycles. The second kappa shape index (κ2) is 8.16. The van der Waals surface area contributed by atoms with Crippen LogP contribution in [-0.4, -0.2) is 36.5 Å². The number of hydrogen-bond donors (Lipinski definition) is 3. The van der Waals surface area contributed by atoms with E-state index in [4.69, 9.17) is 0 Å². The lowest BCUT2D eigenvalue weighted by molar-refractivity contribution is 0.0415. The molecular weight excluding hydrogens is 392 g/mol. The maximum atomic E-state index is 12.6. The number of benzene rings is 1. The second-order valence-corrected chi connectivity index (χ2v) is 7.94. The van der Waals surface area contributed by atoms with Crippen LogP contribution >= 0.6 is 0 Å². The Bertz CT molecular complexity index is 1210. The molecule has 3 heterocycles. The Labute approximate surface area is 180 Å². The first-order valence-corrected chi connectivity index (χ1v) is 9.93. The smallest absolute Gasteiger partial charge is 0.320 e. The van der Waals surface area contributed by atoms with Gasteiger partial charge in [-0.3, -0.25) is 10.3 Å². The van der Waals surface area contributed by atoms with E-state index in [0.717, 1.165) is 27.8 Å². The fraction of sp³-hybridized carbons (Fsp3) is 0.217. The summed E-state index contributed by atoms with van der Waals surface area (Å²) in [5.41, 5.74) is 2.25. The van der Waals surface area contributed by atoms with Gasteiger partial charge in [-0.25, -0.2) is 14.5 Å². The standard InChI is InChI=1S/C23H24N6O2/c1-15-11-18(9-10-24-15)29-19-14-25-20(12-17(19)13-26-29)27-22(30)28-21(23(2,3)31)16-7-5-4-6-8-16/h4-14,21,31H,1-3H3,(H2,25,27,28,30). The summed E-state index contributed by atoms with van der Waals surface area (Å²) < 4.78 is 1.78. The van der Waals surface area contributed by atoms with E-state index in [0.29, 0.717) is 5.82 Å². The van der Waals surface area contributed by atoms with Crippen molar-refractivity contribution >= 4 is 22.8 Å². The number of carbonyl (C=O) groups is 1. The number of rotatable bonds is 5. The summed E-state index contributed by atoms with van der Waals surface area (Å²) in [6.07, 6.45) is 5.12. The first-order valence-electron chi connectivity index (χ1n) is 9.93. The van der Waals surface area contributed by atoms with Crippen molar-refractivity contribution < 1.29 is 9.90 Å². The minimum Gasteiger partial charge on any atom is -0.388 e. The van der Waals surface area contributed by atoms with Gasteiger partial charge in [0.05, 0.1) is 35.2 Å². The van der Waals surface area contributed by atoms with Gasteiger partial charge in [0, 0.05) is 17.3 Å². The van der Waals surface area contributed by atoms with Crippen molar-refractivity contribution in [1.29, 1.82) is 0 Å². The molecule has 1 aromatic carbocycles. The van der Waals surface area contributed by atoms with E-state index in [2.05, 4.69) is 25.7 Å². The first kappa shape index (κ1) is 20.5. The summed E-state index contributed by atoms with van der Waals surface area (Å²) in [6.45, 7) is 5.24. The zero-order valence-electron chi connectivity index (χ0n) is 17.6. The number of aromatic nitrogens is 4. The number of hydrogen-bond acceptors (Lipinski definition) is 5. The van der Waals surface area contributed by atoms with E-state index in [9.17, 15) is 9.90 Å². The van der Waals surface area contributed by atoms with Crippen molar-refractivity contribution in [2.45, 2.75) is 32.4 Å². The molecule has 3 N–H and O–H groups in total. The molecule has 8 nitrogen and oxygen atoms in total. The van der Waals surface area contributed by atoms with Gasteiger partial charge < -0.3 is 10.4 Å². The molecule has 4 rings (SSSR count). The summed E-state index contributed by atoms with van der Waals surface area (Å²) in [6, 6.07) is 13.9. The Morgan fingerprint density at radius 3 is 2.58 bits per heavy atom. The van der Waals surface area contributed by atoms with Gasteiger partial charge in [0.1, 0.15) is 5.82 Å². The van der Waals surface area contributed by atoms with Crippen LogP contribution in [0.2, 0.25) is 0 Å². The molecule has 0 radical (unpaired) electrons. The number of pyridine rings is 2. The predicted molar refractivity (Wildman–Crippen MR) is 119 cm³/mol. The van der Waals surface area contributed by atoms with Gasteiger partial charge >= 0.3 is 6.03 Å². The van der Waals surface area contributed by atoms with Gasteiger partial charge in [-0.05, 0) is 44.5 Å². The lowest BCUT2D eigenvalue weighted by Gasteiger charge is -2.30. The minimum absolute atomic E-state index is 0.387. The first-order chi connectivity index (χ1) is 14.8. The zero-order chi connectivity index (χ0) is 22.0. The van der Waals surface area contributed by atoms with Crippen LogP contribution in [0.1, 0.15) is 31.1 Å². The zero-order valence-corrected chi connectivity index (χ0v) is 17.6. The largest absolute Gasteiger partial charge is 0.388 e. The van der Waals surface area contributed by atoms with Gasteiger partial charge in [-0.15, -0.1) is 0 Å². The molecule has 0 spiro atoms. The fourth-order valence-electron chi connectivity index (χ4n) is 3.46. The molecule has 1 atom stereocenters. The Balaban J connectivity index is 1.54. The van der Waals surface area contributed by atoms with Gasteiger partial charge in [0.15, 0.2) is 0 Å². The lowest BCUT2D eigenvalue weighted by atomic mass is 9.92. The third kappa shape index (κ3) is 4.54. The third-order valence-corrected chi connectivity index (χ3v) is 4.94. The molecule has 4 aromatic rings. The van der Waals surface area contributed by atoms with E-state index < -0.39 is 17.7 Å². The van der Waals surface area contributed by atoms with Gasteiger partial charge in [-0.2, -0.15) is 5.10 Å². The number of anilines is 1. The molecule has 0 aliphatic carbocycles. The van der Waals surface area contributed by atoms with Crippen LogP contribution in [0.4, 0.5) is 10.6 Å². The Kier molecular flexibility index (Phi) is 5.39. The Morgan fingerprint density at radius 1 is 1.10 bits per heavy atom. The highest BCUT2D eigenvalue weighted by Crippen LogP contribution is 2.26. The average molecular weight is 416 g/mol. The lowest BCUT2D eigenvalue weighted by Crippen LogP contribution is -2.43. The number of amides is 2. The maximum Gasteiger partial charge on any atom is 0.320 e. The average Bonchev–Trinajstić information content (AvgIpc) is 3.15. The second-order valence-electron chi connectivity index (χ2n) is 7.94. The topological polar surface area (TPSA) is 105 Å². The molecular formula is C23H24N6O2. The Hall–Kier alpha value is -3.78. The van der Waals surface area contributed by atoms with E-state index in [-0.39, 0.29) is 0 Å². The van der Waals surface area contributed by atoms with E-state index in [1.54, 1.807) is 43.2 Å². The van der Waals surface area contributed by atoms with Crippen LogP contribution < -0.4 is 10.6 Å². The molecule has 158 valence electrons. The SMILES string of the molecule is Cc1cc(-n2ncc3cc(NC(=O)NC(c4ccccc4)C(C)(C)O)ncc32)ccn1. The quantitative estimate of drug-likeness (QED) is 0.459. The molecule has 0 aliphatic heterocycles. The number of nitrogens with zero attached hydrogens (tertiary/aromatic N) is 4. The van der Waals surface area contributed by atoms with Crippen LogP contribution in [0.3, 0.4) is 0 Å². The number of fused-ring (bicyclic) bond motifs is 1. The molecule has 31 heavy (non-hydrogen) atoms. The predicted octanol–water partition coefficient (Wildman–Crippen LogP) is 3.76. The number of nitrogens with one attached hydrogen (secondary N) is 2. The van der Waals surface area contributed by atoms with E-state index >= 15 is 0 Å². The van der Waals surface area contributed by atoms with Crippen LogP contribution in [0.15, 0.2) is 67.1 Å². The molecule has 2 amide bonds. The summed E-state index contributed by atoms with van der Waals surface area (Å²) in [4.78, 5) is 21.2. The normalized spacial score (nSPS) is 12.5. The van der Waals surface area contributed by atoms with Crippen LogP contribution in [0, 0.1) is 6.92 Å².